The summed E-state index contributed by atoms with van der Waals surface area (Å²) in [5.41, 5.74) is 5.59. The second-order valence-electron chi connectivity index (χ2n) is 5.42. The standard InChI is InChI=1S/C14H20FN3O/c1-14(19)5-2-7-18(8-6-14)12-4-3-10(13(16)17)9-11(12)15/h3-4,9,19H,2,5-8H2,1H3,(H3,16,17). The van der Waals surface area contributed by atoms with Crippen LogP contribution in [0.15, 0.2) is 18.2 Å². The minimum Gasteiger partial charge on any atom is -0.390 e. The predicted octanol–water partition coefficient (Wildman–Crippen LogP) is 1.85. The van der Waals surface area contributed by atoms with Gasteiger partial charge in [-0.25, -0.2) is 4.39 Å². The van der Waals surface area contributed by atoms with Crippen LogP contribution in [0.4, 0.5) is 10.1 Å². The normalized spacial score (nSPS) is 24.1. The summed E-state index contributed by atoms with van der Waals surface area (Å²) in [6, 6.07) is 4.61. The number of benzene rings is 1. The van der Waals surface area contributed by atoms with E-state index >= 15 is 0 Å². The molecule has 1 unspecified atom stereocenters. The molecule has 19 heavy (non-hydrogen) atoms. The van der Waals surface area contributed by atoms with Crippen LogP contribution in [0.2, 0.25) is 0 Å². The highest BCUT2D eigenvalue weighted by Gasteiger charge is 2.26. The van der Waals surface area contributed by atoms with Crippen molar-refractivity contribution < 1.29 is 9.50 Å². The molecule has 1 saturated heterocycles. The first-order valence-electron chi connectivity index (χ1n) is 6.50. The first kappa shape index (κ1) is 13.8. The van der Waals surface area contributed by atoms with E-state index in [0.717, 1.165) is 19.4 Å². The van der Waals surface area contributed by atoms with Crippen molar-refractivity contribution in [2.45, 2.75) is 31.8 Å². The van der Waals surface area contributed by atoms with Gasteiger partial charge in [0.25, 0.3) is 0 Å². The number of hydrogen-bond donors (Lipinski definition) is 3. The largest absolute Gasteiger partial charge is 0.390 e. The molecule has 0 aromatic heterocycles. The Hall–Kier alpha value is -1.62. The van der Waals surface area contributed by atoms with Crippen molar-refractivity contribution in [3.8, 4) is 0 Å². The number of halogens is 1. The number of nitrogens with two attached hydrogens (primary N) is 1. The molecule has 1 aromatic rings. The molecule has 1 aromatic carbocycles. The van der Waals surface area contributed by atoms with E-state index in [1.807, 2.05) is 11.8 Å². The maximum Gasteiger partial charge on any atom is 0.147 e. The maximum atomic E-state index is 14.1. The lowest BCUT2D eigenvalue weighted by Gasteiger charge is -2.24. The van der Waals surface area contributed by atoms with Crippen molar-refractivity contribution >= 4 is 11.5 Å². The Morgan fingerprint density at radius 3 is 2.79 bits per heavy atom. The number of anilines is 1. The molecule has 104 valence electrons. The van der Waals surface area contributed by atoms with E-state index in [1.54, 1.807) is 12.1 Å². The van der Waals surface area contributed by atoms with Crippen molar-refractivity contribution in [3.05, 3.63) is 29.6 Å². The molecule has 0 spiro atoms. The van der Waals surface area contributed by atoms with Crippen LogP contribution in [0, 0.1) is 11.2 Å². The Balaban J connectivity index is 2.20. The van der Waals surface area contributed by atoms with Gasteiger partial charge in [0.2, 0.25) is 0 Å². The number of nitrogens with one attached hydrogen (secondary N) is 1. The average molecular weight is 265 g/mol. The van der Waals surface area contributed by atoms with E-state index in [0.29, 0.717) is 24.2 Å². The lowest BCUT2D eigenvalue weighted by molar-refractivity contribution is 0.0481. The van der Waals surface area contributed by atoms with Gasteiger partial charge < -0.3 is 15.7 Å². The minimum atomic E-state index is -0.662. The van der Waals surface area contributed by atoms with Gasteiger partial charge in [-0.2, -0.15) is 0 Å². The zero-order valence-electron chi connectivity index (χ0n) is 11.1. The quantitative estimate of drug-likeness (QED) is 0.564. The highest BCUT2D eigenvalue weighted by molar-refractivity contribution is 5.95. The summed E-state index contributed by atoms with van der Waals surface area (Å²) in [6.45, 7) is 3.18. The Kier molecular flexibility index (Phi) is 3.75. The first-order chi connectivity index (χ1) is 8.89. The number of rotatable bonds is 2. The molecule has 4 N–H and O–H groups in total. The Morgan fingerprint density at radius 2 is 2.16 bits per heavy atom. The molecule has 0 aliphatic carbocycles. The van der Waals surface area contributed by atoms with Gasteiger partial charge in [0.15, 0.2) is 0 Å². The van der Waals surface area contributed by atoms with E-state index in [1.165, 1.54) is 6.07 Å². The van der Waals surface area contributed by atoms with Gasteiger partial charge in [0.05, 0.1) is 11.3 Å². The number of amidine groups is 1. The summed E-state index contributed by atoms with van der Waals surface area (Å²) in [4.78, 5) is 1.95. The van der Waals surface area contributed by atoms with Crippen LogP contribution in [-0.4, -0.2) is 29.6 Å². The van der Waals surface area contributed by atoms with Crippen molar-refractivity contribution in [1.82, 2.24) is 0 Å². The second kappa shape index (κ2) is 5.17. The third kappa shape index (κ3) is 3.23. The zero-order chi connectivity index (χ0) is 14.0. The van der Waals surface area contributed by atoms with Crippen LogP contribution in [0.1, 0.15) is 31.7 Å². The van der Waals surface area contributed by atoms with Crippen molar-refractivity contribution in [2.24, 2.45) is 5.73 Å². The highest BCUT2D eigenvalue weighted by atomic mass is 19.1. The zero-order valence-corrected chi connectivity index (χ0v) is 11.1. The smallest absolute Gasteiger partial charge is 0.147 e. The monoisotopic (exact) mass is 265 g/mol. The van der Waals surface area contributed by atoms with E-state index in [2.05, 4.69) is 0 Å². The van der Waals surface area contributed by atoms with Gasteiger partial charge in [-0.1, -0.05) is 0 Å². The number of nitrogens with zero attached hydrogens (tertiary/aromatic N) is 1. The third-order valence-corrected chi connectivity index (χ3v) is 3.66. The molecule has 1 heterocycles. The van der Waals surface area contributed by atoms with Crippen LogP contribution in [-0.2, 0) is 0 Å². The van der Waals surface area contributed by atoms with Gasteiger partial charge in [0.1, 0.15) is 11.7 Å². The van der Waals surface area contributed by atoms with Crippen LogP contribution in [0.5, 0.6) is 0 Å². The molecule has 1 atom stereocenters. The van der Waals surface area contributed by atoms with Crippen LogP contribution in [0.3, 0.4) is 0 Å². The van der Waals surface area contributed by atoms with E-state index in [-0.39, 0.29) is 11.7 Å². The average Bonchev–Trinajstić information content (AvgIpc) is 2.50. The van der Waals surface area contributed by atoms with Crippen molar-refractivity contribution in [2.75, 3.05) is 18.0 Å². The molecule has 0 saturated carbocycles. The molecule has 1 aliphatic heterocycles. The molecule has 1 fully saturated rings. The lowest BCUT2D eigenvalue weighted by Crippen LogP contribution is -2.28. The topological polar surface area (TPSA) is 73.3 Å². The molecule has 0 radical (unpaired) electrons. The van der Waals surface area contributed by atoms with E-state index in [9.17, 15) is 9.50 Å². The molecular weight excluding hydrogens is 245 g/mol. The predicted molar refractivity (Wildman–Crippen MR) is 74.1 cm³/mol. The van der Waals surface area contributed by atoms with Crippen molar-refractivity contribution in [1.29, 1.82) is 5.41 Å². The fourth-order valence-corrected chi connectivity index (χ4v) is 2.44. The maximum absolute atomic E-state index is 14.1. The Morgan fingerprint density at radius 1 is 1.42 bits per heavy atom. The summed E-state index contributed by atoms with van der Waals surface area (Å²) in [7, 11) is 0. The van der Waals surface area contributed by atoms with Crippen LogP contribution in [0.25, 0.3) is 0 Å². The molecule has 4 nitrogen and oxygen atoms in total. The Bertz CT molecular complexity index is 488. The van der Waals surface area contributed by atoms with Gasteiger partial charge >= 0.3 is 0 Å². The molecule has 2 rings (SSSR count). The summed E-state index contributed by atoms with van der Waals surface area (Å²) in [5, 5.41) is 17.3. The van der Waals surface area contributed by atoms with Crippen LogP contribution >= 0.6 is 0 Å². The third-order valence-electron chi connectivity index (χ3n) is 3.66. The Labute approximate surface area is 112 Å². The van der Waals surface area contributed by atoms with Crippen molar-refractivity contribution in [3.63, 3.8) is 0 Å². The summed E-state index contributed by atoms with van der Waals surface area (Å²) in [6.07, 6.45) is 2.19. The van der Waals surface area contributed by atoms with Crippen LogP contribution < -0.4 is 10.6 Å². The number of nitrogen functional groups attached to an aromatic ring is 1. The van der Waals surface area contributed by atoms with Gasteiger partial charge in [-0.05, 0) is 44.4 Å². The van der Waals surface area contributed by atoms with E-state index < -0.39 is 5.60 Å². The molecule has 5 heteroatoms. The van der Waals surface area contributed by atoms with Gasteiger partial charge in [-0.3, -0.25) is 5.41 Å². The number of aliphatic hydroxyl groups is 1. The number of hydrogen-bond acceptors (Lipinski definition) is 3. The highest BCUT2D eigenvalue weighted by Crippen LogP contribution is 2.27. The lowest BCUT2D eigenvalue weighted by atomic mass is 9.98. The molecule has 0 amide bonds. The van der Waals surface area contributed by atoms with Gasteiger partial charge in [0, 0.05) is 18.7 Å². The second-order valence-corrected chi connectivity index (χ2v) is 5.42. The fraction of sp³-hybridized carbons (Fsp3) is 0.500. The summed E-state index contributed by atoms with van der Waals surface area (Å²) < 4.78 is 14.1. The first-order valence-corrected chi connectivity index (χ1v) is 6.50. The van der Waals surface area contributed by atoms with Gasteiger partial charge in [-0.15, -0.1) is 0 Å². The SMILES string of the molecule is CC1(O)CCCN(c2ccc(C(=N)N)cc2F)CC1. The molecule has 0 bridgehead atoms. The molecular formula is C14H20FN3O. The molecule has 1 aliphatic rings. The summed E-state index contributed by atoms with van der Waals surface area (Å²) in [5.74, 6) is -0.501. The van der Waals surface area contributed by atoms with E-state index in [4.69, 9.17) is 11.1 Å². The summed E-state index contributed by atoms with van der Waals surface area (Å²) >= 11 is 0. The minimum absolute atomic E-state index is 0.135. The fourth-order valence-electron chi connectivity index (χ4n) is 2.44.